The molecule has 3 rings (SSSR count). The van der Waals surface area contributed by atoms with Gasteiger partial charge in [0.1, 0.15) is 0 Å². The molecule has 0 spiro atoms. The highest BCUT2D eigenvalue weighted by Crippen LogP contribution is 2.37. The fourth-order valence-electron chi connectivity index (χ4n) is 3.63. The summed E-state index contributed by atoms with van der Waals surface area (Å²) in [5.74, 6) is 0.317. The van der Waals surface area contributed by atoms with Gasteiger partial charge in [-0.3, -0.25) is 0 Å². The van der Waals surface area contributed by atoms with Gasteiger partial charge in [-0.15, -0.1) is 0 Å². The minimum Gasteiger partial charge on any atom is -0.399 e. The zero-order valence-electron chi connectivity index (χ0n) is 15.7. The Bertz CT molecular complexity index is 759. The second-order valence-electron chi connectivity index (χ2n) is 8.53. The van der Waals surface area contributed by atoms with Gasteiger partial charge in [-0.05, 0) is 76.4 Å². The average molecular weight is 365 g/mol. The molecule has 0 saturated carbocycles. The third-order valence-electron chi connectivity index (χ3n) is 6.00. The van der Waals surface area contributed by atoms with E-state index >= 15 is 0 Å². The summed E-state index contributed by atoms with van der Waals surface area (Å²) in [5.41, 5.74) is 2.86. The lowest BCUT2D eigenvalue weighted by Crippen LogP contribution is -2.41. The normalized spacial score (nSPS) is 25.8. The van der Waals surface area contributed by atoms with Crippen LogP contribution < -0.4 is 10.6 Å². The summed E-state index contributed by atoms with van der Waals surface area (Å²) in [6.45, 7) is 9.88. The van der Waals surface area contributed by atoms with E-state index in [1.165, 1.54) is 11.1 Å². The molecule has 2 N–H and O–H groups in total. The van der Waals surface area contributed by atoms with Crippen LogP contribution in [0.5, 0.6) is 0 Å². The Morgan fingerprint density at radius 2 is 1.72 bits per heavy atom. The van der Waals surface area contributed by atoms with E-state index < -0.39 is 15.3 Å². The van der Waals surface area contributed by atoms with Crippen molar-refractivity contribution in [1.29, 1.82) is 0 Å². The van der Waals surface area contributed by atoms with Gasteiger partial charge in [0.2, 0.25) is 10.0 Å². The first kappa shape index (κ1) is 18.9. The first-order chi connectivity index (χ1) is 11.4. The molecule has 1 aromatic rings. The summed E-state index contributed by atoms with van der Waals surface area (Å²) >= 11 is 0. The first-order valence-electron chi connectivity index (χ1n) is 8.88. The van der Waals surface area contributed by atoms with Crippen molar-refractivity contribution in [2.45, 2.75) is 70.3 Å². The molecule has 0 radical (unpaired) electrons. The average Bonchev–Trinajstić information content (AvgIpc) is 2.94. The summed E-state index contributed by atoms with van der Waals surface area (Å²) < 4.78 is 35.2. The van der Waals surface area contributed by atoms with Crippen LogP contribution in [-0.2, 0) is 32.2 Å². The van der Waals surface area contributed by atoms with E-state index in [9.17, 15) is 8.42 Å². The number of sulfonamides is 1. The quantitative estimate of drug-likeness (QED) is 0.825. The third-order valence-corrected chi connectivity index (χ3v) is 7.31. The molecule has 5 nitrogen and oxygen atoms in total. The molecule has 1 heterocycles. The van der Waals surface area contributed by atoms with Crippen LogP contribution in [0.4, 0.5) is 0 Å². The minimum absolute atomic E-state index is 0.317. The standard InChI is InChI=1S/C18H28BNO4S/c1-12(25(20,21)22)8-13-9-14-6-7-16(11-15(14)10-13)19-23-17(2,3)18(4,5)24-19/h6-7,11-13H,8-10H2,1-5H3,(H2,20,21,22). The number of rotatable bonds is 4. The van der Waals surface area contributed by atoms with E-state index in [4.69, 9.17) is 14.4 Å². The Balaban J connectivity index is 1.73. The van der Waals surface area contributed by atoms with E-state index in [0.717, 1.165) is 18.3 Å². The lowest BCUT2D eigenvalue weighted by Gasteiger charge is -2.32. The fourth-order valence-corrected chi connectivity index (χ4v) is 4.17. The van der Waals surface area contributed by atoms with Gasteiger partial charge < -0.3 is 9.31 Å². The number of fused-ring (bicyclic) bond motifs is 1. The maximum atomic E-state index is 11.5. The van der Waals surface area contributed by atoms with E-state index in [-0.39, 0.29) is 18.3 Å². The molecule has 138 valence electrons. The van der Waals surface area contributed by atoms with Crippen molar-refractivity contribution in [3.05, 3.63) is 29.3 Å². The van der Waals surface area contributed by atoms with Gasteiger partial charge in [-0.2, -0.15) is 0 Å². The zero-order valence-corrected chi connectivity index (χ0v) is 16.5. The number of hydrogen-bond donors (Lipinski definition) is 1. The highest BCUT2D eigenvalue weighted by molar-refractivity contribution is 7.89. The Morgan fingerprint density at radius 3 is 2.28 bits per heavy atom. The van der Waals surface area contributed by atoms with E-state index in [2.05, 4.69) is 18.2 Å². The number of nitrogens with two attached hydrogens (primary N) is 1. The number of primary sulfonamides is 1. The van der Waals surface area contributed by atoms with Crippen molar-refractivity contribution in [2.24, 2.45) is 11.1 Å². The second kappa shape index (κ2) is 6.08. The molecule has 0 aromatic heterocycles. The van der Waals surface area contributed by atoms with Crippen LogP contribution in [0.25, 0.3) is 0 Å². The summed E-state index contributed by atoms with van der Waals surface area (Å²) in [6.07, 6.45) is 2.38. The van der Waals surface area contributed by atoms with Gasteiger partial charge in [0.15, 0.2) is 0 Å². The summed E-state index contributed by atoms with van der Waals surface area (Å²) in [5, 5.41) is 4.75. The first-order valence-corrected chi connectivity index (χ1v) is 10.5. The molecule has 0 amide bonds. The van der Waals surface area contributed by atoms with E-state index in [1.54, 1.807) is 6.92 Å². The monoisotopic (exact) mass is 365 g/mol. The van der Waals surface area contributed by atoms with Crippen molar-refractivity contribution in [2.75, 3.05) is 0 Å². The summed E-state index contributed by atoms with van der Waals surface area (Å²) in [7, 11) is -3.83. The molecule has 2 aliphatic rings. The van der Waals surface area contributed by atoms with Crippen molar-refractivity contribution in [3.63, 3.8) is 0 Å². The second-order valence-corrected chi connectivity index (χ2v) is 10.5. The molecule has 0 bridgehead atoms. The molecule has 7 heteroatoms. The summed E-state index contributed by atoms with van der Waals surface area (Å²) in [6, 6.07) is 6.34. The molecule has 1 aliphatic carbocycles. The van der Waals surface area contributed by atoms with Crippen LogP contribution >= 0.6 is 0 Å². The van der Waals surface area contributed by atoms with Crippen molar-refractivity contribution < 1.29 is 17.7 Å². The van der Waals surface area contributed by atoms with Crippen molar-refractivity contribution in [3.8, 4) is 0 Å². The third kappa shape index (κ3) is 3.65. The van der Waals surface area contributed by atoms with Gasteiger partial charge in [-0.25, -0.2) is 13.6 Å². The molecule has 25 heavy (non-hydrogen) atoms. The number of hydrogen-bond acceptors (Lipinski definition) is 4. The van der Waals surface area contributed by atoms with Gasteiger partial charge in [0.25, 0.3) is 0 Å². The van der Waals surface area contributed by atoms with Gasteiger partial charge >= 0.3 is 7.12 Å². The van der Waals surface area contributed by atoms with Crippen LogP contribution in [0, 0.1) is 5.92 Å². The highest BCUT2D eigenvalue weighted by atomic mass is 32.2. The van der Waals surface area contributed by atoms with Crippen LogP contribution in [0.1, 0.15) is 52.2 Å². The molecular weight excluding hydrogens is 337 g/mol. The lowest BCUT2D eigenvalue weighted by molar-refractivity contribution is 0.00578. The fraction of sp³-hybridized carbons (Fsp3) is 0.667. The molecule has 1 aliphatic heterocycles. The molecule has 2 unspecified atom stereocenters. The Hall–Kier alpha value is -0.885. The predicted molar refractivity (Wildman–Crippen MR) is 100 cm³/mol. The Labute approximate surface area is 151 Å². The molecule has 1 saturated heterocycles. The Morgan fingerprint density at radius 1 is 1.16 bits per heavy atom. The highest BCUT2D eigenvalue weighted by Gasteiger charge is 2.51. The maximum Gasteiger partial charge on any atom is 0.494 e. The van der Waals surface area contributed by atoms with Gasteiger partial charge in [0, 0.05) is 0 Å². The lowest BCUT2D eigenvalue weighted by atomic mass is 9.78. The minimum atomic E-state index is -3.46. The van der Waals surface area contributed by atoms with Gasteiger partial charge in [-0.1, -0.05) is 18.2 Å². The van der Waals surface area contributed by atoms with Gasteiger partial charge in [0.05, 0.1) is 16.5 Å². The largest absolute Gasteiger partial charge is 0.494 e. The molecule has 1 fully saturated rings. The molecular formula is C18H28BNO4S. The van der Waals surface area contributed by atoms with Crippen LogP contribution in [0.3, 0.4) is 0 Å². The zero-order chi connectivity index (χ0) is 18.6. The SMILES string of the molecule is CC(CC1Cc2ccc(B3OC(C)(C)C(C)(C)O3)cc2C1)S(N)(=O)=O. The van der Waals surface area contributed by atoms with Crippen LogP contribution in [0.15, 0.2) is 18.2 Å². The molecule has 1 aromatic carbocycles. The van der Waals surface area contributed by atoms with Crippen LogP contribution in [0.2, 0.25) is 0 Å². The predicted octanol–water partition coefficient (Wildman–Crippen LogP) is 1.77. The molecule has 2 atom stereocenters. The number of benzene rings is 1. The van der Waals surface area contributed by atoms with E-state index in [1.807, 2.05) is 27.7 Å². The van der Waals surface area contributed by atoms with E-state index in [0.29, 0.717) is 12.3 Å². The smallest absolute Gasteiger partial charge is 0.399 e. The van der Waals surface area contributed by atoms with Crippen LogP contribution in [-0.4, -0.2) is 32.0 Å². The topological polar surface area (TPSA) is 78.6 Å². The van der Waals surface area contributed by atoms with Crippen molar-refractivity contribution in [1.82, 2.24) is 0 Å². The summed E-state index contributed by atoms with van der Waals surface area (Å²) in [4.78, 5) is 0. The maximum absolute atomic E-state index is 11.5. The van der Waals surface area contributed by atoms with Crippen molar-refractivity contribution >= 4 is 22.6 Å². The Kier molecular flexibility index (Phi) is 4.60.